The van der Waals surface area contributed by atoms with E-state index < -0.39 is 10.0 Å². The summed E-state index contributed by atoms with van der Waals surface area (Å²) in [5, 5.41) is 6.30. The van der Waals surface area contributed by atoms with Gasteiger partial charge in [-0.2, -0.15) is 0 Å². The molecule has 1 aromatic rings. The van der Waals surface area contributed by atoms with Gasteiger partial charge in [-0.05, 0) is 31.6 Å². The molecule has 1 atom stereocenters. The van der Waals surface area contributed by atoms with Gasteiger partial charge >= 0.3 is 0 Å². The maximum atomic E-state index is 12.1. The summed E-state index contributed by atoms with van der Waals surface area (Å²) in [6.07, 6.45) is 0. The number of para-hydroxylation sites is 1. The van der Waals surface area contributed by atoms with Crippen molar-refractivity contribution >= 4 is 15.7 Å². The van der Waals surface area contributed by atoms with E-state index in [1.807, 2.05) is 13.1 Å². The molecule has 0 bridgehead atoms. The predicted molar refractivity (Wildman–Crippen MR) is 78.9 cm³/mol. The topological polar surface area (TPSA) is 70.2 Å². The van der Waals surface area contributed by atoms with Crippen LogP contribution in [-0.2, 0) is 10.0 Å². The fourth-order valence-electron chi connectivity index (χ4n) is 1.82. The maximum absolute atomic E-state index is 12.1. The van der Waals surface area contributed by atoms with Gasteiger partial charge in [-0.15, -0.1) is 0 Å². The second kappa shape index (κ2) is 7.47. The zero-order valence-electron chi connectivity index (χ0n) is 11.7. The smallest absolute Gasteiger partial charge is 0.242 e. The molecule has 1 unspecified atom stereocenters. The van der Waals surface area contributed by atoms with Crippen molar-refractivity contribution in [2.45, 2.75) is 18.7 Å². The molecule has 0 fully saturated rings. The SMILES string of the molecule is CCNS(=O)(=O)c1ccccc1NCC(C)CNC. The van der Waals surface area contributed by atoms with Crippen LogP contribution in [0.3, 0.4) is 0 Å². The zero-order valence-corrected chi connectivity index (χ0v) is 12.5. The quantitative estimate of drug-likeness (QED) is 0.672. The average molecular weight is 285 g/mol. The molecule has 0 aromatic heterocycles. The minimum Gasteiger partial charge on any atom is -0.384 e. The molecule has 0 aliphatic heterocycles. The molecule has 0 saturated carbocycles. The van der Waals surface area contributed by atoms with Gasteiger partial charge in [-0.3, -0.25) is 0 Å². The molecule has 0 spiro atoms. The molecule has 108 valence electrons. The molecule has 5 nitrogen and oxygen atoms in total. The van der Waals surface area contributed by atoms with Crippen molar-refractivity contribution in [1.29, 1.82) is 0 Å². The molecule has 6 heteroatoms. The lowest BCUT2D eigenvalue weighted by Gasteiger charge is -2.16. The highest BCUT2D eigenvalue weighted by Crippen LogP contribution is 2.20. The lowest BCUT2D eigenvalue weighted by Crippen LogP contribution is -2.26. The molecule has 19 heavy (non-hydrogen) atoms. The molecule has 0 aliphatic carbocycles. The summed E-state index contributed by atoms with van der Waals surface area (Å²) in [7, 11) is -1.53. The van der Waals surface area contributed by atoms with Gasteiger partial charge in [0.25, 0.3) is 0 Å². The first kappa shape index (κ1) is 15.9. The van der Waals surface area contributed by atoms with Gasteiger partial charge in [0.2, 0.25) is 10.0 Å². The Bertz CT molecular complexity index is 488. The van der Waals surface area contributed by atoms with Crippen molar-refractivity contribution in [2.24, 2.45) is 5.92 Å². The maximum Gasteiger partial charge on any atom is 0.242 e. The molecule has 0 radical (unpaired) electrons. The predicted octanol–water partition coefficient (Wildman–Crippen LogP) is 1.25. The fourth-order valence-corrected chi connectivity index (χ4v) is 3.04. The van der Waals surface area contributed by atoms with Gasteiger partial charge in [0.15, 0.2) is 0 Å². The fraction of sp³-hybridized carbons (Fsp3) is 0.538. The van der Waals surface area contributed by atoms with Gasteiger partial charge in [0.1, 0.15) is 4.90 Å². The van der Waals surface area contributed by atoms with Crippen molar-refractivity contribution in [3.8, 4) is 0 Å². The Morgan fingerprint density at radius 3 is 2.53 bits per heavy atom. The standard InChI is InChI=1S/C13H23N3O2S/c1-4-16-19(17,18)13-8-6-5-7-12(13)15-10-11(2)9-14-3/h5-8,11,14-16H,4,9-10H2,1-3H3. The monoisotopic (exact) mass is 285 g/mol. The number of sulfonamides is 1. The summed E-state index contributed by atoms with van der Waals surface area (Å²) in [5.41, 5.74) is 0.645. The van der Waals surface area contributed by atoms with Gasteiger partial charge < -0.3 is 10.6 Å². The molecular formula is C13H23N3O2S. The van der Waals surface area contributed by atoms with Gasteiger partial charge in [-0.1, -0.05) is 26.0 Å². The van der Waals surface area contributed by atoms with Gasteiger partial charge in [0, 0.05) is 13.1 Å². The highest BCUT2D eigenvalue weighted by molar-refractivity contribution is 7.89. The van der Waals surface area contributed by atoms with Gasteiger partial charge in [-0.25, -0.2) is 13.1 Å². The summed E-state index contributed by atoms with van der Waals surface area (Å²) in [5.74, 6) is 0.417. The summed E-state index contributed by atoms with van der Waals surface area (Å²) < 4.78 is 26.6. The molecular weight excluding hydrogens is 262 g/mol. The van der Waals surface area contributed by atoms with Crippen LogP contribution >= 0.6 is 0 Å². The van der Waals surface area contributed by atoms with E-state index in [4.69, 9.17) is 0 Å². The third kappa shape index (κ3) is 4.81. The third-order valence-corrected chi connectivity index (χ3v) is 4.31. The Kier molecular flexibility index (Phi) is 6.27. The van der Waals surface area contributed by atoms with E-state index in [1.54, 1.807) is 25.1 Å². The number of hydrogen-bond acceptors (Lipinski definition) is 4. The lowest BCUT2D eigenvalue weighted by atomic mass is 10.2. The van der Waals surface area contributed by atoms with Crippen molar-refractivity contribution in [3.05, 3.63) is 24.3 Å². The van der Waals surface area contributed by atoms with E-state index in [-0.39, 0.29) is 0 Å². The number of benzene rings is 1. The highest BCUT2D eigenvalue weighted by Gasteiger charge is 2.17. The van der Waals surface area contributed by atoms with E-state index in [2.05, 4.69) is 22.3 Å². The van der Waals surface area contributed by atoms with Crippen LogP contribution in [0, 0.1) is 5.92 Å². The van der Waals surface area contributed by atoms with Crippen LogP contribution in [0.1, 0.15) is 13.8 Å². The Morgan fingerprint density at radius 2 is 1.89 bits per heavy atom. The van der Waals surface area contributed by atoms with E-state index in [0.29, 0.717) is 23.0 Å². The normalized spacial score (nSPS) is 13.2. The number of hydrogen-bond donors (Lipinski definition) is 3. The largest absolute Gasteiger partial charge is 0.384 e. The zero-order chi connectivity index (χ0) is 14.3. The Balaban J connectivity index is 2.85. The molecule has 0 amide bonds. The van der Waals surface area contributed by atoms with Crippen molar-refractivity contribution < 1.29 is 8.42 Å². The molecule has 0 saturated heterocycles. The van der Waals surface area contributed by atoms with E-state index in [9.17, 15) is 8.42 Å². The van der Waals surface area contributed by atoms with Crippen LogP contribution in [0.2, 0.25) is 0 Å². The first-order chi connectivity index (χ1) is 9.01. The van der Waals surface area contributed by atoms with Crippen molar-refractivity contribution in [2.75, 3.05) is 32.0 Å². The minimum absolute atomic E-state index is 0.300. The Morgan fingerprint density at radius 1 is 1.21 bits per heavy atom. The second-order valence-corrected chi connectivity index (χ2v) is 6.28. The summed E-state index contributed by atoms with van der Waals surface area (Å²) in [4.78, 5) is 0.300. The van der Waals surface area contributed by atoms with Crippen LogP contribution in [0.5, 0.6) is 0 Å². The van der Waals surface area contributed by atoms with Crippen LogP contribution in [0.25, 0.3) is 0 Å². The summed E-state index contributed by atoms with van der Waals surface area (Å²) >= 11 is 0. The first-order valence-corrected chi connectivity index (χ1v) is 7.96. The molecule has 1 aromatic carbocycles. The number of nitrogens with one attached hydrogen (secondary N) is 3. The lowest BCUT2D eigenvalue weighted by molar-refractivity contribution is 0.567. The van der Waals surface area contributed by atoms with Crippen LogP contribution in [0.15, 0.2) is 29.2 Å². The van der Waals surface area contributed by atoms with Gasteiger partial charge in [0.05, 0.1) is 5.69 Å². The van der Waals surface area contributed by atoms with E-state index in [1.165, 1.54) is 0 Å². The molecule has 1 rings (SSSR count). The summed E-state index contributed by atoms with van der Waals surface area (Å²) in [6, 6.07) is 6.96. The van der Waals surface area contributed by atoms with E-state index >= 15 is 0 Å². The summed E-state index contributed by atoms with van der Waals surface area (Å²) in [6.45, 7) is 5.86. The second-order valence-electron chi connectivity index (χ2n) is 4.54. The van der Waals surface area contributed by atoms with Crippen LogP contribution < -0.4 is 15.4 Å². The average Bonchev–Trinajstić information content (AvgIpc) is 2.37. The highest BCUT2D eigenvalue weighted by atomic mass is 32.2. The Labute approximate surface area is 115 Å². The minimum atomic E-state index is -3.43. The molecule has 3 N–H and O–H groups in total. The molecule has 0 aliphatic rings. The van der Waals surface area contributed by atoms with Crippen molar-refractivity contribution in [1.82, 2.24) is 10.0 Å². The Hall–Kier alpha value is -1.11. The third-order valence-electron chi connectivity index (χ3n) is 2.70. The van der Waals surface area contributed by atoms with Crippen LogP contribution in [-0.4, -0.2) is 35.1 Å². The van der Waals surface area contributed by atoms with Crippen LogP contribution in [0.4, 0.5) is 5.69 Å². The van der Waals surface area contributed by atoms with Crippen molar-refractivity contribution in [3.63, 3.8) is 0 Å². The number of rotatable bonds is 8. The number of anilines is 1. The molecule has 0 heterocycles. The van der Waals surface area contributed by atoms with E-state index in [0.717, 1.165) is 13.1 Å². The first-order valence-electron chi connectivity index (χ1n) is 6.48.